The number of aryl methyl sites for hydroxylation is 2. The second-order valence-electron chi connectivity index (χ2n) is 4.94. The minimum atomic E-state index is -0.283. The summed E-state index contributed by atoms with van der Waals surface area (Å²) >= 11 is 0. The molecule has 100 valence electrons. The molecule has 0 unspecified atom stereocenters. The predicted octanol–water partition coefficient (Wildman–Crippen LogP) is 3.71. The van der Waals surface area contributed by atoms with Gasteiger partial charge in [0.1, 0.15) is 17.7 Å². The lowest BCUT2D eigenvalue weighted by Gasteiger charge is -2.17. The molecule has 0 fully saturated rings. The van der Waals surface area contributed by atoms with Crippen molar-refractivity contribution in [2.24, 2.45) is 0 Å². The van der Waals surface area contributed by atoms with E-state index in [9.17, 15) is 9.65 Å². The van der Waals surface area contributed by atoms with Gasteiger partial charge in [0, 0.05) is 11.4 Å². The Morgan fingerprint density at radius 2 is 1.90 bits per heavy atom. The average Bonchev–Trinajstić information content (AvgIpc) is 2.49. The molecule has 0 aliphatic heterocycles. The molecule has 1 aromatic heterocycles. The van der Waals surface area contributed by atoms with Crippen molar-refractivity contribution in [2.45, 2.75) is 25.7 Å². The maximum atomic E-state index is 12.9. The quantitative estimate of drug-likeness (QED) is 0.902. The van der Waals surface area contributed by atoms with E-state index < -0.39 is 0 Å². The van der Waals surface area contributed by atoms with Gasteiger partial charge in [-0.25, -0.2) is 9.37 Å². The van der Waals surface area contributed by atoms with Crippen LogP contribution in [0.5, 0.6) is 0 Å². The van der Waals surface area contributed by atoms with Gasteiger partial charge < -0.3 is 5.32 Å². The molecule has 0 saturated heterocycles. The third kappa shape index (κ3) is 2.48. The van der Waals surface area contributed by atoms with Crippen LogP contribution < -0.4 is 5.32 Å². The summed E-state index contributed by atoms with van der Waals surface area (Å²) in [6.45, 7) is 0. The third-order valence-electron chi connectivity index (χ3n) is 3.53. The van der Waals surface area contributed by atoms with E-state index in [1.54, 1.807) is 12.1 Å². The topological polar surface area (TPSA) is 48.7 Å². The number of anilines is 2. The summed E-state index contributed by atoms with van der Waals surface area (Å²) in [6.07, 6.45) is 4.25. The minimum absolute atomic E-state index is 0.283. The Hall–Kier alpha value is -2.41. The number of aromatic nitrogens is 1. The summed E-state index contributed by atoms with van der Waals surface area (Å²) in [5.74, 6) is 0.272. The molecule has 2 aromatic rings. The first-order valence-electron chi connectivity index (χ1n) is 6.72. The molecule has 20 heavy (non-hydrogen) atoms. The summed E-state index contributed by atoms with van der Waals surface area (Å²) in [6, 6.07) is 10.1. The lowest BCUT2D eigenvalue weighted by molar-refractivity contribution is 0.628. The zero-order valence-electron chi connectivity index (χ0n) is 11.0. The fraction of sp³-hybridized carbons (Fsp3) is 0.250. The molecule has 1 aromatic carbocycles. The van der Waals surface area contributed by atoms with Crippen LogP contribution in [0.15, 0.2) is 30.3 Å². The van der Waals surface area contributed by atoms with Crippen LogP contribution >= 0.6 is 0 Å². The zero-order chi connectivity index (χ0) is 13.9. The molecule has 0 spiro atoms. The van der Waals surface area contributed by atoms with Gasteiger partial charge in [0.25, 0.3) is 0 Å². The molecule has 1 aliphatic carbocycles. The summed E-state index contributed by atoms with van der Waals surface area (Å²) in [5, 5.41) is 12.4. The van der Waals surface area contributed by atoms with E-state index in [1.807, 2.05) is 6.07 Å². The number of rotatable bonds is 2. The van der Waals surface area contributed by atoms with Crippen LogP contribution in [0, 0.1) is 17.1 Å². The van der Waals surface area contributed by atoms with E-state index in [-0.39, 0.29) is 5.82 Å². The molecule has 0 radical (unpaired) electrons. The van der Waals surface area contributed by atoms with E-state index in [2.05, 4.69) is 16.4 Å². The van der Waals surface area contributed by atoms with Gasteiger partial charge in [0.15, 0.2) is 0 Å². The number of nitrogens with zero attached hydrogens (tertiary/aromatic N) is 2. The Morgan fingerprint density at radius 1 is 1.15 bits per heavy atom. The molecule has 0 bridgehead atoms. The predicted molar refractivity (Wildman–Crippen MR) is 75.3 cm³/mol. The van der Waals surface area contributed by atoms with Crippen LogP contribution in [0.1, 0.15) is 29.7 Å². The molecule has 0 amide bonds. The van der Waals surface area contributed by atoms with Crippen LogP contribution in [-0.4, -0.2) is 4.98 Å². The molecule has 1 N–H and O–H groups in total. The molecular weight excluding hydrogens is 253 g/mol. The van der Waals surface area contributed by atoms with Gasteiger partial charge in [-0.3, -0.25) is 0 Å². The molecule has 0 saturated carbocycles. The molecule has 4 heteroatoms. The summed E-state index contributed by atoms with van der Waals surface area (Å²) in [5.41, 5.74) is 3.51. The van der Waals surface area contributed by atoms with Crippen molar-refractivity contribution in [1.82, 2.24) is 4.98 Å². The SMILES string of the molecule is N#Cc1cc2c(nc1Nc1ccc(F)cc1)CCCC2. The third-order valence-corrected chi connectivity index (χ3v) is 3.53. The highest BCUT2D eigenvalue weighted by atomic mass is 19.1. The number of hydrogen-bond acceptors (Lipinski definition) is 3. The summed E-state index contributed by atoms with van der Waals surface area (Å²) in [4.78, 5) is 4.57. The van der Waals surface area contributed by atoms with Gasteiger partial charge in [-0.1, -0.05) is 0 Å². The van der Waals surface area contributed by atoms with Crippen molar-refractivity contribution >= 4 is 11.5 Å². The Kier molecular flexibility index (Phi) is 3.34. The average molecular weight is 267 g/mol. The molecule has 0 atom stereocenters. The van der Waals surface area contributed by atoms with Gasteiger partial charge >= 0.3 is 0 Å². The highest BCUT2D eigenvalue weighted by Crippen LogP contribution is 2.26. The van der Waals surface area contributed by atoms with Crippen LogP contribution in [0.25, 0.3) is 0 Å². The first-order chi connectivity index (χ1) is 9.76. The zero-order valence-corrected chi connectivity index (χ0v) is 11.0. The van der Waals surface area contributed by atoms with Crippen molar-refractivity contribution in [3.63, 3.8) is 0 Å². The second kappa shape index (κ2) is 5.30. The Labute approximate surface area is 117 Å². The van der Waals surface area contributed by atoms with Gasteiger partial charge in [-0.2, -0.15) is 5.26 Å². The molecule has 3 nitrogen and oxygen atoms in total. The normalized spacial score (nSPS) is 13.4. The van der Waals surface area contributed by atoms with Crippen molar-refractivity contribution in [2.75, 3.05) is 5.32 Å². The standard InChI is InChI=1S/C16H14FN3/c17-13-5-7-14(8-6-13)19-16-12(10-18)9-11-3-1-2-4-15(11)20-16/h5-9H,1-4H2,(H,19,20). The first kappa shape index (κ1) is 12.6. The number of halogens is 1. The van der Waals surface area contributed by atoms with Crippen molar-refractivity contribution in [3.8, 4) is 6.07 Å². The first-order valence-corrected chi connectivity index (χ1v) is 6.72. The maximum absolute atomic E-state index is 12.9. The van der Waals surface area contributed by atoms with E-state index in [0.29, 0.717) is 11.4 Å². The smallest absolute Gasteiger partial charge is 0.148 e. The number of nitriles is 1. The molecular formula is C16H14FN3. The fourth-order valence-corrected chi connectivity index (χ4v) is 2.48. The molecule has 1 aliphatic rings. The number of benzene rings is 1. The van der Waals surface area contributed by atoms with Crippen molar-refractivity contribution < 1.29 is 4.39 Å². The van der Waals surface area contributed by atoms with Crippen LogP contribution in [0.2, 0.25) is 0 Å². The van der Waals surface area contributed by atoms with E-state index in [1.165, 1.54) is 17.7 Å². The Bertz CT molecular complexity index is 671. The van der Waals surface area contributed by atoms with Crippen LogP contribution in [0.3, 0.4) is 0 Å². The highest BCUT2D eigenvalue weighted by Gasteiger charge is 2.15. The number of nitrogens with one attached hydrogen (secondary N) is 1. The summed E-state index contributed by atoms with van der Waals surface area (Å²) < 4.78 is 12.9. The Balaban J connectivity index is 1.96. The lowest BCUT2D eigenvalue weighted by Crippen LogP contribution is -2.08. The second-order valence-corrected chi connectivity index (χ2v) is 4.94. The fourth-order valence-electron chi connectivity index (χ4n) is 2.48. The van der Waals surface area contributed by atoms with Crippen LogP contribution in [0.4, 0.5) is 15.9 Å². The monoisotopic (exact) mass is 267 g/mol. The lowest BCUT2D eigenvalue weighted by atomic mass is 9.95. The van der Waals surface area contributed by atoms with Gasteiger partial charge in [-0.15, -0.1) is 0 Å². The van der Waals surface area contributed by atoms with Crippen molar-refractivity contribution in [1.29, 1.82) is 5.26 Å². The van der Waals surface area contributed by atoms with Crippen LogP contribution in [-0.2, 0) is 12.8 Å². The largest absolute Gasteiger partial charge is 0.339 e. The van der Waals surface area contributed by atoms with E-state index in [0.717, 1.165) is 37.1 Å². The van der Waals surface area contributed by atoms with Gasteiger partial charge in [0.2, 0.25) is 0 Å². The Morgan fingerprint density at radius 3 is 2.65 bits per heavy atom. The number of fused-ring (bicyclic) bond motifs is 1. The van der Waals surface area contributed by atoms with Gasteiger partial charge in [-0.05, 0) is 61.6 Å². The molecule has 3 rings (SSSR count). The molecule has 1 heterocycles. The maximum Gasteiger partial charge on any atom is 0.148 e. The van der Waals surface area contributed by atoms with E-state index in [4.69, 9.17) is 0 Å². The number of pyridine rings is 1. The summed E-state index contributed by atoms with van der Waals surface area (Å²) in [7, 11) is 0. The highest BCUT2D eigenvalue weighted by molar-refractivity contribution is 5.63. The minimum Gasteiger partial charge on any atom is -0.339 e. The van der Waals surface area contributed by atoms with Crippen molar-refractivity contribution in [3.05, 3.63) is 53.0 Å². The van der Waals surface area contributed by atoms with E-state index >= 15 is 0 Å². The number of hydrogen-bond donors (Lipinski definition) is 1. The van der Waals surface area contributed by atoms with Gasteiger partial charge in [0.05, 0.1) is 5.56 Å².